The number of carbonyl (C=O) groups excluding carboxylic acids is 1. The van der Waals surface area contributed by atoms with Gasteiger partial charge in [-0.3, -0.25) is 4.79 Å². The Hall–Kier alpha value is -0.520. The molecule has 3 N–H and O–H groups in total. The van der Waals surface area contributed by atoms with Gasteiger partial charge in [0.1, 0.15) is 0 Å². The summed E-state index contributed by atoms with van der Waals surface area (Å²) in [6, 6.07) is 5.27. The first-order valence-corrected chi connectivity index (χ1v) is 7.55. The summed E-state index contributed by atoms with van der Waals surface area (Å²) in [5, 5.41) is 2.82. The second kappa shape index (κ2) is 7.03. The highest BCUT2D eigenvalue weighted by Gasteiger charge is 2.13. The lowest BCUT2D eigenvalue weighted by atomic mass is 10.2. The maximum atomic E-state index is 11.8. The van der Waals surface area contributed by atoms with Crippen molar-refractivity contribution in [1.29, 1.82) is 0 Å². The molecular formula is C12H17BrN2OS. The minimum absolute atomic E-state index is 0.130. The predicted molar refractivity (Wildman–Crippen MR) is 78.5 cm³/mol. The Balaban J connectivity index is 2.58. The number of hydrogen-bond donors (Lipinski definition) is 2. The lowest BCUT2D eigenvalue weighted by Crippen LogP contribution is -2.36. The second-order valence-electron chi connectivity index (χ2n) is 3.84. The third-order valence-corrected chi connectivity index (χ3v) is 3.91. The number of nitrogens with one attached hydrogen (secondary N) is 1. The zero-order valence-corrected chi connectivity index (χ0v) is 12.4. The van der Waals surface area contributed by atoms with Gasteiger partial charge in [0.15, 0.2) is 0 Å². The summed E-state index contributed by atoms with van der Waals surface area (Å²) in [5.41, 5.74) is 7.69. The third kappa shape index (κ3) is 4.69. The number of anilines is 1. The molecule has 0 heterocycles. The van der Waals surface area contributed by atoms with Gasteiger partial charge in [0.05, 0.1) is 6.04 Å². The van der Waals surface area contributed by atoms with Crippen molar-refractivity contribution in [1.82, 2.24) is 0 Å². The lowest BCUT2D eigenvalue weighted by Gasteiger charge is -2.12. The van der Waals surface area contributed by atoms with Crippen molar-refractivity contribution in [3.63, 3.8) is 0 Å². The molecule has 0 unspecified atom stereocenters. The van der Waals surface area contributed by atoms with Crippen molar-refractivity contribution in [2.24, 2.45) is 5.73 Å². The topological polar surface area (TPSA) is 55.1 Å². The zero-order valence-electron chi connectivity index (χ0n) is 10.00. The number of halogens is 1. The monoisotopic (exact) mass is 316 g/mol. The standard InChI is InChI=1S/C12H17BrN2OS/c1-8-3-4-9(7-10(8)13)15-12(16)11(14)5-6-17-2/h3-4,7,11H,5-6,14H2,1-2H3,(H,15,16)/t11-/m0/s1. The van der Waals surface area contributed by atoms with Crippen LogP contribution >= 0.6 is 27.7 Å². The highest BCUT2D eigenvalue weighted by molar-refractivity contribution is 9.10. The third-order valence-electron chi connectivity index (χ3n) is 2.41. The van der Waals surface area contributed by atoms with Gasteiger partial charge >= 0.3 is 0 Å². The minimum Gasteiger partial charge on any atom is -0.325 e. The molecule has 1 amide bonds. The van der Waals surface area contributed by atoms with E-state index in [-0.39, 0.29) is 5.91 Å². The molecule has 0 fully saturated rings. The normalized spacial score (nSPS) is 12.2. The first-order chi connectivity index (χ1) is 8.04. The summed E-state index contributed by atoms with van der Waals surface area (Å²) in [7, 11) is 0. The molecule has 3 nitrogen and oxygen atoms in total. The van der Waals surface area contributed by atoms with Crippen LogP contribution in [0.2, 0.25) is 0 Å². The Morgan fingerprint density at radius 1 is 1.59 bits per heavy atom. The molecule has 0 aliphatic heterocycles. The summed E-state index contributed by atoms with van der Waals surface area (Å²) in [5.74, 6) is 0.765. The Kier molecular flexibility index (Phi) is 6.02. The van der Waals surface area contributed by atoms with Crippen LogP contribution in [0.15, 0.2) is 22.7 Å². The van der Waals surface area contributed by atoms with Crippen LogP contribution in [-0.2, 0) is 4.79 Å². The average Bonchev–Trinajstić information content (AvgIpc) is 2.30. The summed E-state index contributed by atoms with van der Waals surface area (Å²) in [6.07, 6.45) is 2.70. The number of amides is 1. The molecule has 5 heteroatoms. The van der Waals surface area contributed by atoms with Gasteiger partial charge in [-0.1, -0.05) is 22.0 Å². The molecule has 0 saturated heterocycles. The van der Waals surface area contributed by atoms with E-state index in [0.717, 1.165) is 21.5 Å². The Morgan fingerprint density at radius 2 is 2.29 bits per heavy atom. The maximum Gasteiger partial charge on any atom is 0.241 e. The highest BCUT2D eigenvalue weighted by atomic mass is 79.9. The van der Waals surface area contributed by atoms with Crippen LogP contribution in [0, 0.1) is 6.92 Å². The van der Waals surface area contributed by atoms with Crippen LogP contribution in [-0.4, -0.2) is 24.0 Å². The molecule has 1 aromatic carbocycles. The molecule has 0 spiro atoms. The van der Waals surface area contributed by atoms with Crippen LogP contribution < -0.4 is 11.1 Å². The van der Waals surface area contributed by atoms with E-state index >= 15 is 0 Å². The largest absolute Gasteiger partial charge is 0.325 e. The Labute approximate surface area is 115 Å². The SMILES string of the molecule is CSCC[C@H](N)C(=O)Nc1ccc(C)c(Br)c1. The molecule has 17 heavy (non-hydrogen) atoms. The number of aryl methyl sites for hydroxylation is 1. The molecule has 0 aliphatic rings. The molecular weight excluding hydrogens is 300 g/mol. The van der Waals surface area contributed by atoms with Crippen molar-refractivity contribution in [3.05, 3.63) is 28.2 Å². The number of rotatable bonds is 5. The summed E-state index contributed by atoms with van der Waals surface area (Å²) in [4.78, 5) is 11.8. The first kappa shape index (κ1) is 14.5. The first-order valence-electron chi connectivity index (χ1n) is 5.36. The summed E-state index contributed by atoms with van der Waals surface area (Å²) < 4.78 is 0.980. The van der Waals surface area contributed by atoms with Crippen LogP contribution in [0.4, 0.5) is 5.69 Å². The van der Waals surface area contributed by atoms with Crippen molar-refractivity contribution >= 4 is 39.3 Å². The van der Waals surface area contributed by atoms with Crippen LogP contribution in [0.5, 0.6) is 0 Å². The molecule has 1 atom stereocenters. The fraction of sp³-hybridized carbons (Fsp3) is 0.417. The second-order valence-corrected chi connectivity index (χ2v) is 5.68. The minimum atomic E-state index is -0.442. The van der Waals surface area contributed by atoms with E-state index in [1.165, 1.54) is 0 Å². The van der Waals surface area contributed by atoms with Gasteiger partial charge in [0.25, 0.3) is 0 Å². The van der Waals surface area contributed by atoms with Crippen LogP contribution in [0.25, 0.3) is 0 Å². The predicted octanol–water partition coefficient (Wildman–Crippen LogP) is 2.78. The molecule has 0 aliphatic carbocycles. The van der Waals surface area contributed by atoms with E-state index in [4.69, 9.17) is 5.73 Å². The van der Waals surface area contributed by atoms with Gasteiger partial charge in [0.2, 0.25) is 5.91 Å². The van der Waals surface area contributed by atoms with Gasteiger partial charge in [-0.2, -0.15) is 11.8 Å². The van der Waals surface area contributed by atoms with E-state index in [9.17, 15) is 4.79 Å². The van der Waals surface area contributed by atoms with E-state index in [0.29, 0.717) is 6.42 Å². The average molecular weight is 317 g/mol. The van der Waals surface area contributed by atoms with Gasteiger partial charge in [-0.15, -0.1) is 0 Å². The number of thioether (sulfide) groups is 1. The van der Waals surface area contributed by atoms with Crippen molar-refractivity contribution < 1.29 is 4.79 Å². The Morgan fingerprint density at radius 3 is 2.88 bits per heavy atom. The fourth-order valence-corrected chi connectivity index (χ4v) is 2.15. The van der Waals surface area contributed by atoms with Crippen molar-refractivity contribution in [2.75, 3.05) is 17.3 Å². The molecule has 0 aromatic heterocycles. The van der Waals surface area contributed by atoms with Crippen molar-refractivity contribution in [2.45, 2.75) is 19.4 Å². The smallest absolute Gasteiger partial charge is 0.241 e. The van der Waals surface area contributed by atoms with E-state index in [1.807, 2.05) is 31.4 Å². The molecule has 0 saturated carbocycles. The molecule has 0 radical (unpaired) electrons. The van der Waals surface area contributed by atoms with Crippen LogP contribution in [0.1, 0.15) is 12.0 Å². The lowest BCUT2D eigenvalue weighted by molar-refractivity contribution is -0.117. The van der Waals surface area contributed by atoms with E-state index in [2.05, 4.69) is 21.2 Å². The molecule has 94 valence electrons. The highest BCUT2D eigenvalue weighted by Crippen LogP contribution is 2.20. The molecule has 1 aromatic rings. The number of benzene rings is 1. The molecule has 0 bridgehead atoms. The fourth-order valence-electron chi connectivity index (χ4n) is 1.28. The molecule has 1 rings (SSSR count). The Bertz CT molecular complexity index is 398. The van der Waals surface area contributed by atoms with Gasteiger partial charge < -0.3 is 11.1 Å². The maximum absolute atomic E-state index is 11.8. The van der Waals surface area contributed by atoms with Crippen LogP contribution in [0.3, 0.4) is 0 Å². The number of hydrogen-bond acceptors (Lipinski definition) is 3. The quantitative estimate of drug-likeness (QED) is 0.878. The number of carbonyl (C=O) groups is 1. The van der Waals surface area contributed by atoms with Gasteiger partial charge in [0, 0.05) is 10.2 Å². The van der Waals surface area contributed by atoms with Gasteiger partial charge in [-0.25, -0.2) is 0 Å². The van der Waals surface area contributed by atoms with Crippen molar-refractivity contribution in [3.8, 4) is 0 Å². The summed E-state index contributed by atoms with van der Waals surface area (Å²) >= 11 is 5.12. The van der Waals surface area contributed by atoms with Gasteiger partial charge in [-0.05, 0) is 43.0 Å². The summed E-state index contributed by atoms with van der Waals surface area (Å²) in [6.45, 7) is 2.00. The number of nitrogens with two attached hydrogens (primary N) is 1. The van der Waals surface area contributed by atoms with E-state index in [1.54, 1.807) is 11.8 Å². The van der Waals surface area contributed by atoms with E-state index < -0.39 is 6.04 Å². The zero-order chi connectivity index (χ0) is 12.8.